The van der Waals surface area contributed by atoms with E-state index in [1.54, 1.807) is 18.2 Å². The van der Waals surface area contributed by atoms with Gasteiger partial charge in [0.25, 0.3) is 11.6 Å². The highest BCUT2D eigenvalue weighted by molar-refractivity contribution is 7.22. The van der Waals surface area contributed by atoms with Gasteiger partial charge in [-0.3, -0.25) is 20.2 Å². The van der Waals surface area contributed by atoms with Crippen LogP contribution in [0.15, 0.2) is 52.9 Å². The maximum Gasteiger partial charge on any atom is 0.293 e. The van der Waals surface area contributed by atoms with E-state index in [2.05, 4.69) is 10.3 Å². The van der Waals surface area contributed by atoms with Crippen LogP contribution in [0.1, 0.15) is 10.6 Å². The van der Waals surface area contributed by atoms with Crippen LogP contribution in [0.2, 0.25) is 0 Å². The highest BCUT2D eigenvalue weighted by Crippen LogP contribution is 2.29. The molecule has 0 atom stereocenters. The van der Waals surface area contributed by atoms with E-state index in [9.17, 15) is 14.9 Å². The van der Waals surface area contributed by atoms with Gasteiger partial charge in [-0.2, -0.15) is 0 Å². The van der Waals surface area contributed by atoms with Crippen molar-refractivity contribution in [1.82, 2.24) is 4.98 Å². The number of amides is 1. The molecule has 1 N–H and O–H groups in total. The van der Waals surface area contributed by atoms with Crippen LogP contribution in [0.5, 0.6) is 0 Å². The van der Waals surface area contributed by atoms with Gasteiger partial charge in [0.2, 0.25) is 0 Å². The number of para-hydroxylation sites is 1. The molecule has 8 heteroatoms. The quantitative estimate of drug-likeness (QED) is 0.445. The standard InChI is InChI=1S/C16H9N3O4S/c20-15(13-7-9-3-1-2-4-12(9)23-13)18-16-17-11-8-10(19(21)22)5-6-14(11)24-16/h1-8H,(H,17,18,20). The molecule has 2 heterocycles. The average molecular weight is 339 g/mol. The molecule has 24 heavy (non-hydrogen) atoms. The van der Waals surface area contributed by atoms with Gasteiger partial charge in [-0.05, 0) is 18.2 Å². The molecule has 0 bridgehead atoms. The summed E-state index contributed by atoms with van der Waals surface area (Å²) < 4.78 is 6.25. The summed E-state index contributed by atoms with van der Waals surface area (Å²) >= 11 is 1.24. The summed E-state index contributed by atoms with van der Waals surface area (Å²) in [6, 6.07) is 13.4. The number of benzene rings is 2. The van der Waals surface area contributed by atoms with Crippen molar-refractivity contribution in [2.24, 2.45) is 0 Å². The number of hydrogen-bond acceptors (Lipinski definition) is 6. The normalized spacial score (nSPS) is 11.0. The number of rotatable bonds is 3. The van der Waals surface area contributed by atoms with E-state index in [0.717, 1.165) is 10.1 Å². The Balaban J connectivity index is 1.63. The lowest BCUT2D eigenvalue weighted by Crippen LogP contribution is -2.10. The number of anilines is 1. The van der Waals surface area contributed by atoms with Crippen LogP contribution in [0.4, 0.5) is 10.8 Å². The summed E-state index contributed by atoms with van der Waals surface area (Å²) in [5.74, 6) is -0.235. The van der Waals surface area contributed by atoms with Crippen LogP contribution in [0, 0.1) is 10.1 Å². The molecule has 0 radical (unpaired) electrons. The number of carbonyl (C=O) groups excluding carboxylic acids is 1. The number of nitrogens with zero attached hydrogens (tertiary/aromatic N) is 2. The number of fused-ring (bicyclic) bond motifs is 2. The molecule has 0 saturated carbocycles. The summed E-state index contributed by atoms with van der Waals surface area (Å²) in [7, 11) is 0. The Morgan fingerprint density at radius 2 is 2.04 bits per heavy atom. The molecule has 0 aliphatic carbocycles. The van der Waals surface area contributed by atoms with E-state index >= 15 is 0 Å². The zero-order chi connectivity index (χ0) is 16.7. The number of nitro groups is 1. The Labute approximate surface area is 138 Å². The molecule has 2 aromatic carbocycles. The van der Waals surface area contributed by atoms with Gasteiger partial charge < -0.3 is 4.42 Å². The molecule has 0 aliphatic heterocycles. The lowest BCUT2D eigenvalue weighted by atomic mass is 10.2. The Kier molecular flexibility index (Phi) is 3.24. The topological polar surface area (TPSA) is 98.3 Å². The molecule has 0 spiro atoms. The fourth-order valence-electron chi connectivity index (χ4n) is 2.34. The third-order valence-electron chi connectivity index (χ3n) is 3.45. The molecule has 0 fully saturated rings. The largest absolute Gasteiger partial charge is 0.451 e. The number of nitrogens with one attached hydrogen (secondary N) is 1. The van der Waals surface area contributed by atoms with Crippen molar-refractivity contribution in [3.05, 3.63) is 64.4 Å². The number of carbonyl (C=O) groups is 1. The van der Waals surface area contributed by atoms with Crippen molar-refractivity contribution in [3.8, 4) is 0 Å². The van der Waals surface area contributed by atoms with Crippen molar-refractivity contribution in [3.63, 3.8) is 0 Å². The summed E-state index contributed by atoms with van der Waals surface area (Å²) in [5.41, 5.74) is 1.06. The number of furan rings is 1. The Morgan fingerprint density at radius 3 is 2.83 bits per heavy atom. The summed E-state index contributed by atoms with van der Waals surface area (Å²) in [5, 5.41) is 14.7. The minimum Gasteiger partial charge on any atom is -0.451 e. The molecular formula is C16H9N3O4S. The monoisotopic (exact) mass is 339 g/mol. The second-order valence-electron chi connectivity index (χ2n) is 5.03. The Hall–Kier alpha value is -3.26. The SMILES string of the molecule is O=C(Nc1nc2cc([N+](=O)[O-])ccc2s1)c1cc2ccccc2o1. The van der Waals surface area contributed by atoms with Crippen LogP contribution in [-0.2, 0) is 0 Å². The third kappa shape index (κ3) is 2.48. The summed E-state index contributed by atoms with van der Waals surface area (Å²) in [4.78, 5) is 26.8. The van der Waals surface area contributed by atoms with Gasteiger partial charge in [-0.25, -0.2) is 4.98 Å². The smallest absolute Gasteiger partial charge is 0.293 e. The van der Waals surface area contributed by atoms with Crippen LogP contribution < -0.4 is 5.32 Å². The fourth-order valence-corrected chi connectivity index (χ4v) is 3.18. The van der Waals surface area contributed by atoms with Gasteiger partial charge in [0, 0.05) is 17.5 Å². The first-order chi connectivity index (χ1) is 11.6. The first-order valence-electron chi connectivity index (χ1n) is 6.95. The highest BCUT2D eigenvalue weighted by atomic mass is 32.1. The number of non-ortho nitro benzene ring substituents is 1. The maximum atomic E-state index is 12.3. The second kappa shape index (κ2) is 5.43. The van der Waals surface area contributed by atoms with Crippen LogP contribution in [0.3, 0.4) is 0 Å². The minimum atomic E-state index is -0.481. The van der Waals surface area contributed by atoms with Crippen LogP contribution in [-0.4, -0.2) is 15.8 Å². The number of hydrogen-bond donors (Lipinski definition) is 1. The highest BCUT2D eigenvalue weighted by Gasteiger charge is 2.15. The molecular weight excluding hydrogens is 330 g/mol. The van der Waals surface area contributed by atoms with Gasteiger partial charge in [-0.1, -0.05) is 29.5 Å². The van der Waals surface area contributed by atoms with E-state index in [1.807, 2.05) is 18.2 Å². The van der Waals surface area contributed by atoms with Gasteiger partial charge in [-0.15, -0.1) is 0 Å². The lowest BCUT2D eigenvalue weighted by Gasteiger charge is -1.96. The van der Waals surface area contributed by atoms with Crippen molar-refractivity contribution in [1.29, 1.82) is 0 Å². The molecule has 0 aliphatic rings. The third-order valence-corrected chi connectivity index (χ3v) is 4.40. The number of thiazole rings is 1. The number of aromatic nitrogens is 1. The Bertz CT molecular complexity index is 1070. The fraction of sp³-hybridized carbons (Fsp3) is 0. The predicted octanol–water partition coefficient (Wildman–Crippen LogP) is 4.20. The van der Waals surface area contributed by atoms with Gasteiger partial charge in [0.05, 0.1) is 15.1 Å². The first-order valence-corrected chi connectivity index (χ1v) is 7.77. The van der Waals surface area contributed by atoms with E-state index < -0.39 is 10.8 Å². The molecule has 0 saturated heterocycles. The van der Waals surface area contributed by atoms with Gasteiger partial charge in [0.1, 0.15) is 5.58 Å². The second-order valence-corrected chi connectivity index (χ2v) is 6.06. The molecule has 4 aromatic rings. The molecule has 1 amide bonds. The first kappa shape index (κ1) is 14.3. The van der Waals surface area contributed by atoms with E-state index in [1.165, 1.54) is 23.5 Å². The zero-order valence-electron chi connectivity index (χ0n) is 12.1. The Morgan fingerprint density at radius 1 is 1.21 bits per heavy atom. The average Bonchev–Trinajstić information content (AvgIpc) is 3.17. The van der Waals surface area contributed by atoms with Gasteiger partial charge in [0.15, 0.2) is 10.9 Å². The summed E-state index contributed by atoms with van der Waals surface area (Å²) in [6.45, 7) is 0. The van der Waals surface area contributed by atoms with Crippen molar-refractivity contribution in [2.75, 3.05) is 5.32 Å². The molecule has 4 rings (SSSR count). The molecule has 7 nitrogen and oxygen atoms in total. The lowest BCUT2D eigenvalue weighted by molar-refractivity contribution is -0.384. The molecule has 0 unspecified atom stereocenters. The van der Waals surface area contributed by atoms with Gasteiger partial charge >= 0.3 is 0 Å². The number of nitro benzene ring substituents is 1. The molecule has 2 aromatic heterocycles. The van der Waals surface area contributed by atoms with E-state index in [-0.39, 0.29) is 11.4 Å². The van der Waals surface area contributed by atoms with Crippen LogP contribution >= 0.6 is 11.3 Å². The van der Waals surface area contributed by atoms with Crippen LogP contribution in [0.25, 0.3) is 21.2 Å². The maximum absolute atomic E-state index is 12.3. The van der Waals surface area contributed by atoms with E-state index in [4.69, 9.17) is 4.42 Å². The van der Waals surface area contributed by atoms with Crippen molar-refractivity contribution >= 4 is 49.2 Å². The minimum absolute atomic E-state index is 0.0389. The van der Waals surface area contributed by atoms with Crippen molar-refractivity contribution < 1.29 is 14.1 Å². The summed E-state index contributed by atoms with van der Waals surface area (Å²) in [6.07, 6.45) is 0. The zero-order valence-corrected chi connectivity index (χ0v) is 12.9. The van der Waals surface area contributed by atoms with E-state index in [0.29, 0.717) is 16.2 Å². The predicted molar refractivity (Wildman–Crippen MR) is 90.4 cm³/mol. The van der Waals surface area contributed by atoms with Crippen molar-refractivity contribution in [2.45, 2.75) is 0 Å². The molecule has 118 valence electrons.